The van der Waals surface area contributed by atoms with Gasteiger partial charge in [0.15, 0.2) is 5.13 Å². The predicted octanol–water partition coefficient (Wildman–Crippen LogP) is 4.80. The summed E-state index contributed by atoms with van der Waals surface area (Å²) in [5, 5.41) is 7.77. The normalized spacial score (nSPS) is 16.9. The van der Waals surface area contributed by atoms with E-state index in [0.29, 0.717) is 5.92 Å². The molecular formula is C21H27Br2N5S. The SMILES string of the molecule is Br.Br.CN1CCNCC(Cc2ccnc(Nc3ncc(-c4ccccc4)s3)c2)C1. The van der Waals surface area contributed by atoms with E-state index in [-0.39, 0.29) is 34.0 Å². The highest BCUT2D eigenvalue weighted by Gasteiger charge is 2.16. The number of pyridine rings is 1. The molecule has 8 heteroatoms. The second-order valence-electron chi connectivity index (χ2n) is 7.11. The van der Waals surface area contributed by atoms with E-state index < -0.39 is 0 Å². The van der Waals surface area contributed by atoms with Crippen molar-refractivity contribution < 1.29 is 0 Å². The first-order chi connectivity index (χ1) is 13.3. The molecule has 156 valence electrons. The molecule has 2 aromatic heterocycles. The molecule has 1 atom stereocenters. The van der Waals surface area contributed by atoms with Crippen LogP contribution in [0.2, 0.25) is 0 Å². The number of nitrogens with zero attached hydrogens (tertiary/aromatic N) is 3. The maximum absolute atomic E-state index is 4.51. The Kier molecular flexibility index (Phi) is 9.71. The summed E-state index contributed by atoms with van der Waals surface area (Å²) < 4.78 is 0. The van der Waals surface area contributed by atoms with Crippen molar-refractivity contribution in [3.63, 3.8) is 0 Å². The van der Waals surface area contributed by atoms with Gasteiger partial charge < -0.3 is 15.5 Å². The van der Waals surface area contributed by atoms with Crippen LogP contribution < -0.4 is 10.6 Å². The maximum Gasteiger partial charge on any atom is 0.188 e. The van der Waals surface area contributed by atoms with E-state index in [4.69, 9.17) is 0 Å². The molecule has 3 heterocycles. The summed E-state index contributed by atoms with van der Waals surface area (Å²) in [6.07, 6.45) is 4.86. The van der Waals surface area contributed by atoms with Crippen molar-refractivity contribution in [1.82, 2.24) is 20.2 Å². The summed E-state index contributed by atoms with van der Waals surface area (Å²) in [4.78, 5) is 12.5. The Morgan fingerprint density at radius 1 is 1.17 bits per heavy atom. The summed E-state index contributed by atoms with van der Waals surface area (Å²) in [6.45, 7) is 4.39. The van der Waals surface area contributed by atoms with Gasteiger partial charge in [-0.05, 0) is 49.2 Å². The molecule has 3 aromatic rings. The minimum atomic E-state index is 0. The number of likely N-dealkylation sites (N-methyl/N-ethyl adjacent to an activating group) is 1. The number of anilines is 2. The van der Waals surface area contributed by atoms with E-state index in [1.165, 1.54) is 11.1 Å². The molecule has 0 spiro atoms. The monoisotopic (exact) mass is 539 g/mol. The highest BCUT2D eigenvalue weighted by molar-refractivity contribution is 8.93. The molecule has 5 nitrogen and oxygen atoms in total. The van der Waals surface area contributed by atoms with Crippen LogP contribution in [0.25, 0.3) is 10.4 Å². The van der Waals surface area contributed by atoms with Gasteiger partial charge in [-0.1, -0.05) is 41.7 Å². The highest BCUT2D eigenvalue weighted by Crippen LogP contribution is 2.30. The standard InChI is InChI=1S/C21H25N5S.2BrH/c1-26-10-9-22-13-17(15-26)11-16-7-8-23-20(12-16)25-21-24-14-19(27-21)18-5-3-2-4-6-18;;/h2-8,12,14,17,22H,9-11,13,15H2,1H3,(H,23,24,25);2*1H. The average molecular weight is 541 g/mol. The first-order valence-corrected chi connectivity index (χ1v) is 10.2. The Morgan fingerprint density at radius 3 is 2.83 bits per heavy atom. The zero-order chi connectivity index (χ0) is 18.5. The van der Waals surface area contributed by atoms with Crippen LogP contribution in [0.4, 0.5) is 10.9 Å². The van der Waals surface area contributed by atoms with E-state index >= 15 is 0 Å². The van der Waals surface area contributed by atoms with Crippen molar-refractivity contribution >= 4 is 56.2 Å². The molecule has 1 aromatic carbocycles. The number of nitrogens with one attached hydrogen (secondary N) is 2. The number of hydrogen-bond acceptors (Lipinski definition) is 6. The van der Waals surface area contributed by atoms with Gasteiger partial charge in [-0.2, -0.15) is 0 Å². The second kappa shape index (κ2) is 11.8. The third-order valence-corrected chi connectivity index (χ3v) is 5.78. The van der Waals surface area contributed by atoms with Gasteiger partial charge in [0.2, 0.25) is 0 Å². The van der Waals surface area contributed by atoms with E-state index in [9.17, 15) is 0 Å². The molecule has 1 aliphatic rings. The highest BCUT2D eigenvalue weighted by atomic mass is 79.9. The predicted molar refractivity (Wildman–Crippen MR) is 133 cm³/mol. The fraction of sp³-hybridized carbons (Fsp3) is 0.333. The zero-order valence-corrected chi connectivity index (χ0v) is 20.6. The second-order valence-corrected chi connectivity index (χ2v) is 8.14. The van der Waals surface area contributed by atoms with Crippen LogP contribution in [0.3, 0.4) is 0 Å². The Balaban J connectivity index is 0.00000150. The van der Waals surface area contributed by atoms with Crippen LogP contribution in [0.1, 0.15) is 5.56 Å². The molecule has 1 fully saturated rings. The number of halogens is 2. The van der Waals surface area contributed by atoms with Gasteiger partial charge in [0.05, 0.1) is 4.88 Å². The molecule has 0 saturated carbocycles. The van der Waals surface area contributed by atoms with Gasteiger partial charge in [0.1, 0.15) is 5.82 Å². The van der Waals surface area contributed by atoms with E-state index in [2.05, 4.69) is 56.8 Å². The third-order valence-electron chi connectivity index (χ3n) is 4.82. The molecule has 0 radical (unpaired) electrons. The number of benzene rings is 1. The van der Waals surface area contributed by atoms with Crippen molar-refractivity contribution in [3.8, 4) is 10.4 Å². The molecule has 1 saturated heterocycles. The molecule has 1 unspecified atom stereocenters. The molecule has 2 N–H and O–H groups in total. The molecular weight excluding hydrogens is 514 g/mol. The number of thiazole rings is 1. The van der Waals surface area contributed by atoms with Gasteiger partial charge in [-0.3, -0.25) is 0 Å². The van der Waals surface area contributed by atoms with Crippen LogP contribution in [0.15, 0.2) is 54.9 Å². The molecule has 0 aliphatic carbocycles. The zero-order valence-electron chi connectivity index (χ0n) is 16.4. The Bertz CT molecular complexity index is 874. The first kappa shape index (κ1) is 24.0. The smallest absolute Gasteiger partial charge is 0.188 e. The summed E-state index contributed by atoms with van der Waals surface area (Å²) in [6, 6.07) is 14.6. The minimum Gasteiger partial charge on any atom is -0.316 e. The lowest BCUT2D eigenvalue weighted by Crippen LogP contribution is -2.27. The van der Waals surface area contributed by atoms with E-state index in [1.807, 2.05) is 30.6 Å². The van der Waals surface area contributed by atoms with Crippen molar-refractivity contribution in [2.75, 3.05) is 38.5 Å². The fourth-order valence-electron chi connectivity index (χ4n) is 3.49. The van der Waals surface area contributed by atoms with Gasteiger partial charge in [-0.25, -0.2) is 9.97 Å². The van der Waals surface area contributed by atoms with Crippen LogP contribution in [-0.4, -0.2) is 48.1 Å². The molecule has 0 amide bonds. The molecule has 1 aliphatic heterocycles. The van der Waals surface area contributed by atoms with Crippen molar-refractivity contribution in [2.45, 2.75) is 6.42 Å². The lowest BCUT2D eigenvalue weighted by atomic mass is 9.99. The molecule has 29 heavy (non-hydrogen) atoms. The van der Waals surface area contributed by atoms with Gasteiger partial charge in [-0.15, -0.1) is 34.0 Å². The first-order valence-electron chi connectivity index (χ1n) is 9.39. The van der Waals surface area contributed by atoms with Crippen molar-refractivity contribution in [3.05, 3.63) is 60.4 Å². The quantitative estimate of drug-likeness (QED) is 0.487. The topological polar surface area (TPSA) is 53.1 Å². The maximum atomic E-state index is 4.51. The summed E-state index contributed by atoms with van der Waals surface area (Å²) >= 11 is 1.65. The largest absolute Gasteiger partial charge is 0.316 e. The Labute approximate surface area is 197 Å². The summed E-state index contributed by atoms with van der Waals surface area (Å²) in [5.74, 6) is 1.48. The van der Waals surface area contributed by atoms with E-state index in [1.54, 1.807) is 11.3 Å². The number of aromatic nitrogens is 2. The van der Waals surface area contributed by atoms with Gasteiger partial charge >= 0.3 is 0 Å². The number of rotatable bonds is 5. The lowest BCUT2D eigenvalue weighted by Gasteiger charge is -2.19. The molecule has 0 bridgehead atoms. The van der Waals surface area contributed by atoms with Crippen LogP contribution in [0, 0.1) is 5.92 Å². The van der Waals surface area contributed by atoms with Crippen molar-refractivity contribution in [2.24, 2.45) is 5.92 Å². The molecule has 4 rings (SSSR count). The fourth-order valence-corrected chi connectivity index (χ4v) is 4.32. The van der Waals surface area contributed by atoms with Crippen molar-refractivity contribution in [1.29, 1.82) is 0 Å². The van der Waals surface area contributed by atoms with Gasteiger partial charge in [0, 0.05) is 32.0 Å². The number of hydrogen-bond donors (Lipinski definition) is 2. The van der Waals surface area contributed by atoms with Crippen LogP contribution in [0.5, 0.6) is 0 Å². The van der Waals surface area contributed by atoms with Crippen LogP contribution >= 0.6 is 45.3 Å². The average Bonchev–Trinajstić information content (AvgIpc) is 3.05. The van der Waals surface area contributed by atoms with Gasteiger partial charge in [0.25, 0.3) is 0 Å². The summed E-state index contributed by atoms with van der Waals surface area (Å²) in [7, 11) is 2.20. The van der Waals surface area contributed by atoms with Crippen LogP contribution in [-0.2, 0) is 6.42 Å². The Hall–Kier alpha value is -1.32. The Morgan fingerprint density at radius 2 is 2.00 bits per heavy atom. The lowest BCUT2D eigenvalue weighted by molar-refractivity contribution is 0.309. The summed E-state index contributed by atoms with van der Waals surface area (Å²) in [5.41, 5.74) is 2.50. The minimum absolute atomic E-state index is 0. The van der Waals surface area contributed by atoms with E-state index in [0.717, 1.165) is 48.4 Å². The third kappa shape index (κ3) is 6.86.